The number of nitrogens with zero attached hydrogens (tertiary/aromatic N) is 2. The second-order valence-electron chi connectivity index (χ2n) is 7.95. The SMILES string of the molecule is CC(C)(C)OC(=O)N1CC(C2CCN(c3ccc(Cl)cc3)CC2)C1. The van der Waals surface area contributed by atoms with Crippen molar-refractivity contribution in [2.24, 2.45) is 11.8 Å². The molecule has 1 amide bonds. The lowest BCUT2D eigenvalue weighted by atomic mass is 9.80. The zero-order chi connectivity index (χ0) is 17.3. The standard InChI is InChI=1S/C19H27ClN2O2/c1-19(2,3)24-18(23)22-12-15(13-22)14-8-10-21(11-9-14)17-6-4-16(20)5-7-17/h4-7,14-15H,8-13H2,1-3H3. The van der Waals surface area contributed by atoms with Crippen molar-refractivity contribution >= 4 is 23.4 Å². The minimum Gasteiger partial charge on any atom is -0.444 e. The lowest BCUT2D eigenvalue weighted by molar-refractivity contribution is -0.0131. The maximum Gasteiger partial charge on any atom is 0.410 e. The van der Waals surface area contributed by atoms with Crippen LogP contribution in [-0.2, 0) is 4.74 Å². The Morgan fingerprint density at radius 2 is 1.67 bits per heavy atom. The van der Waals surface area contributed by atoms with Crippen molar-refractivity contribution in [3.8, 4) is 0 Å². The van der Waals surface area contributed by atoms with Gasteiger partial charge in [-0.15, -0.1) is 0 Å². The lowest BCUT2D eigenvalue weighted by Crippen LogP contribution is -2.55. The Morgan fingerprint density at radius 1 is 1.08 bits per heavy atom. The molecule has 1 aromatic carbocycles. The van der Waals surface area contributed by atoms with Crippen LogP contribution in [0, 0.1) is 11.8 Å². The third-order valence-corrected chi connectivity index (χ3v) is 5.21. The van der Waals surface area contributed by atoms with E-state index in [2.05, 4.69) is 17.0 Å². The van der Waals surface area contributed by atoms with Gasteiger partial charge in [0.25, 0.3) is 0 Å². The molecule has 0 saturated carbocycles. The predicted molar refractivity (Wildman–Crippen MR) is 97.7 cm³/mol. The highest BCUT2D eigenvalue weighted by Gasteiger charge is 2.39. The van der Waals surface area contributed by atoms with Gasteiger partial charge in [-0.3, -0.25) is 0 Å². The van der Waals surface area contributed by atoms with Crippen molar-refractivity contribution in [3.63, 3.8) is 0 Å². The second-order valence-corrected chi connectivity index (χ2v) is 8.38. The van der Waals surface area contributed by atoms with Crippen molar-refractivity contribution in [1.82, 2.24) is 4.90 Å². The molecule has 0 unspecified atom stereocenters. The summed E-state index contributed by atoms with van der Waals surface area (Å²) in [7, 11) is 0. The average Bonchev–Trinajstić information content (AvgIpc) is 2.45. The van der Waals surface area contributed by atoms with Crippen molar-refractivity contribution in [2.45, 2.75) is 39.2 Å². The molecule has 132 valence electrons. The van der Waals surface area contributed by atoms with Crippen LogP contribution in [0.15, 0.2) is 24.3 Å². The Morgan fingerprint density at radius 3 is 2.21 bits per heavy atom. The number of carbonyl (C=O) groups excluding carboxylic acids is 1. The Labute approximate surface area is 149 Å². The van der Waals surface area contributed by atoms with Gasteiger partial charge in [0.1, 0.15) is 5.60 Å². The summed E-state index contributed by atoms with van der Waals surface area (Å²) in [5, 5.41) is 0.783. The van der Waals surface area contributed by atoms with E-state index in [0.29, 0.717) is 11.8 Å². The first-order valence-electron chi connectivity index (χ1n) is 8.80. The van der Waals surface area contributed by atoms with Gasteiger partial charge in [-0.2, -0.15) is 0 Å². The maximum absolute atomic E-state index is 12.0. The summed E-state index contributed by atoms with van der Waals surface area (Å²) in [4.78, 5) is 16.3. The van der Waals surface area contributed by atoms with E-state index in [9.17, 15) is 4.79 Å². The van der Waals surface area contributed by atoms with Gasteiger partial charge in [-0.25, -0.2) is 4.79 Å². The number of piperidine rings is 1. The molecule has 4 nitrogen and oxygen atoms in total. The van der Waals surface area contributed by atoms with Crippen LogP contribution in [0.5, 0.6) is 0 Å². The zero-order valence-electron chi connectivity index (χ0n) is 14.8. The van der Waals surface area contributed by atoms with Crippen LogP contribution in [-0.4, -0.2) is 42.8 Å². The molecule has 0 radical (unpaired) electrons. The van der Waals surface area contributed by atoms with Crippen LogP contribution in [0.3, 0.4) is 0 Å². The average molecular weight is 351 g/mol. The van der Waals surface area contributed by atoms with Gasteiger partial charge in [0, 0.05) is 36.9 Å². The third-order valence-electron chi connectivity index (χ3n) is 4.96. The van der Waals surface area contributed by atoms with Gasteiger partial charge in [0.05, 0.1) is 0 Å². The van der Waals surface area contributed by atoms with Gasteiger partial charge in [-0.1, -0.05) is 11.6 Å². The molecule has 0 aromatic heterocycles. The molecule has 5 heteroatoms. The first-order valence-corrected chi connectivity index (χ1v) is 9.18. The van der Waals surface area contributed by atoms with E-state index >= 15 is 0 Å². The van der Waals surface area contributed by atoms with Crippen LogP contribution in [0.2, 0.25) is 5.02 Å². The predicted octanol–water partition coefficient (Wildman–Crippen LogP) is 4.42. The molecule has 2 fully saturated rings. The Balaban J connectivity index is 1.44. The van der Waals surface area contributed by atoms with Gasteiger partial charge in [-0.05, 0) is 69.7 Å². The number of likely N-dealkylation sites (tertiary alicyclic amines) is 1. The van der Waals surface area contributed by atoms with Crippen LogP contribution in [0.4, 0.5) is 10.5 Å². The Bertz CT molecular complexity index is 568. The number of ether oxygens (including phenoxy) is 1. The fraction of sp³-hybridized carbons (Fsp3) is 0.632. The van der Waals surface area contributed by atoms with E-state index in [4.69, 9.17) is 16.3 Å². The highest BCUT2D eigenvalue weighted by Crippen LogP contribution is 2.34. The summed E-state index contributed by atoms with van der Waals surface area (Å²) in [6.45, 7) is 9.59. The smallest absolute Gasteiger partial charge is 0.410 e. The van der Waals surface area contributed by atoms with Gasteiger partial charge < -0.3 is 14.5 Å². The van der Waals surface area contributed by atoms with E-state index in [1.807, 2.05) is 37.8 Å². The van der Waals surface area contributed by atoms with Crippen molar-refractivity contribution in [2.75, 3.05) is 31.1 Å². The normalized spacial score (nSPS) is 20.0. The molecule has 0 atom stereocenters. The summed E-state index contributed by atoms with van der Waals surface area (Å²) >= 11 is 5.96. The van der Waals surface area contributed by atoms with Gasteiger partial charge in [0.15, 0.2) is 0 Å². The van der Waals surface area contributed by atoms with Crippen LogP contribution in [0.1, 0.15) is 33.6 Å². The molecule has 2 heterocycles. The van der Waals surface area contributed by atoms with Gasteiger partial charge >= 0.3 is 6.09 Å². The number of hydrogen-bond acceptors (Lipinski definition) is 3. The zero-order valence-corrected chi connectivity index (χ0v) is 15.6. The molecule has 24 heavy (non-hydrogen) atoms. The first kappa shape index (κ1) is 17.4. The highest BCUT2D eigenvalue weighted by atomic mass is 35.5. The molecule has 2 saturated heterocycles. The molecule has 0 N–H and O–H groups in total. The molecule has 0 spiro atoms. The maximum atomic E-state index is 12.0. The molecule has 0 aliphatic carbocycles. The molecular weight excluding hydrogens is 324 g/mol. The highest BCUT2D eigenvalue weighted by molar-refractivity contribution is 6.30. The molecule has 3 rings (SSSR count). The fourth-order valence-electron chi connectivity index (χ4n) is 3.57. The number of benzene rings is 1. The lowest BCUT2D eigenvalue weighted by Gasteiger charge is -2.46. The monoisotopic (exact) mass is 350 g/mol. The third kappa shape index (κ3) is 4.15. The summed E-state index contributed by atoms with van der Waals surface area (Å²) < 4.78 is 5.43. The van der Waals surface area contributed by atoms with Crippen molar-refractivity contribution in [3.05, 3.63) is 29.3 Å². The quantitative estimate of drug-likeness (QED) is 0.791. The number of anilines is 1. The van der Waals surface area contributed by atoms with Crippen molar-refractivity contribution < 1.29 is 9.53 Å². The molecule has 1 aromatic rings. The molecular formula is C19H27ClN2O2. The van der Waals surface area contributed by atoms with E-state index in [1.165, 1.54) is 18.5 Å². The van der Waals surface area contributed by atoms with Gasteiger partial charge in [0.2, 0.25) is 0 Å². The number of carbonyl (C=O) groups is 1. The number of amides is 1. The summed E-state index contributed by atoms with van der Waals surface area (Å²) in [5.74, 6) is 1.34. The van der Waals surface area contributed by atoms with Crippen LogP contribution >= 0.6 is 11.6 Å². The minimum absolute atomic E-state index is 0.169. The van der Waals surface area contributed by atoms with Crippen LogP contribution < -0.4 is 4.90 Å². The number of halogens is 1. The Hall–Kier alpha value is -1.42. The topological polar surface area (TPSA) is 32.8 Å². The van der Waals surface area contributed by atoms with E-state index in [-0.39, 0.29) is 6.09 Å². The first-order chi connectivity index (χ1) is 11.3. The minimum atomic E-state index is -0.411. The van der Waals surface area contributed by atoms with Crippen LogP contribution in [0.25, 0.3) is 0 Å². The Kier molecular flexibility index (Phi) is 4.95. The summed E-state index contributed by atoms with van der Waals surface area (Å²) in [5.41, 5.74) is 0.841. The largest absolute Gasteiger partial charge is 0.444 e. The summed E-state index contributed by atoms with van der Waals surface area (Å²) in [6.07, 6.45) is 2.21. The molecule has 2 aliphatic heterocycles. The molecule has 2 aliphatic rings. The number of rotatable bonds is 2. The fourth-order valence-corrected chi connectivity index (χ4v) is 3.69. The van der Waals surface area contributed by atoms with E-state index in [0.717, 1.165) is 31.2 Å². The summed E-state index contributed by atoms with van der Waals surface area (Å²) in [6, 6.07) is 8.09. The van der Waals surface area contributed by atoms with E-state index in [1.54, 1.807) is 0 Å². The van der Waals surface area contributed by atoms with Crippen molar-refractivity contribution in [1.29, 1.82) is 0 Å². The molecule has 0 bridgehead atoms. The number of hydrogen-bond donors (Lipinski definition) is 0. The van der Waals surface area contributed by atoms with E-state index < -0.39 is 5.60 Å². The second kappa shape index (κ2) is 6.83.